The van der Waals surface area contributed by atoms with Gasteiger partial charge in [-0.3, -0.25) is 0 Å². The molecule has 6 heteroatoms. The molecule has 0 atom stereocenters. The van der Waals surface area contributed by atoms with Gasteiger partial charge in [0.1, 0.15) is 9.39 Å². The number of halogens is 2. The highest BCUT2D eigenvalue weighted by Crippen LogP contribution is 2.33. The van der Waals surface area contributed by atoms with Crippen molar-refractivity contribution in [2.45, 2.75) is 0 Å². The van der Waals surface area contributed by atoms with Gasteiger partial charge in [-0.2, -0.15) is 5.10 Å². The van der Waals surface area contributed by atoms with Crippen LogP contribution in [0.2, 0.25) is 5.02 Å². The van der Waals surface area contributed by atoms with Crippen LogP contribution in [0.25, 0.3) is 22.3 Å². The Morgan fingerprint density at radius 3 is 2.61 bits per heavy atom. The lowest BCUT2D eigenvalue weighted by Crippen LogP contribution is -1.95. The quantitative estimate of drug-likeness (QED) is 0.618. The molecule has 90 valence electrons. The second-order valence-corrected chi connectivity index (χ2v) is 5.24. The number of aromatic nitrogens is 4. The Hall–Kier alpha value is -1.21. The SMILES string of the molecule is Cn1nc(-c2ccccc2)c2c(Cl)c(I)nnc21. The monoisotopic (exact) mass is 370 g/mol. The van der Waals surface area contributed by atoms with Gasteiger partial charge in [0.15, 0.2) is 5.65 Å². The first-order valence-electron chi connectivity index (χ1n) is 5.28. The van der Waals surface area contributed by atoms with Crippen LogP contribution in [0.3, 0.4) is 0 Å². The van der Waals surface area contributed by atoms with Gasteiger partial charge in [0.25, 0.3) is 0 Å². The third-order valence-corrected chi connectivity index (χ3v) is 4.14. The molecule has 0 aliphatic heterocycles. The number of aryl methyl sites for hydroxylation is 1. The smallest absolute Gasteiger partial charge is 0.182 e. The number of fused-ring (bicyclic) bond motifs is 1. The topological polar surface area (TPSA) is 43.6 Å². The van der Waals surface area contributed by atoms with Gasteiger partial charge in [-0.05, 0) is 22.6 Å². The maximum absolute atomic E-state index is 6.33. The normalized spacial score (nSPS) is 11.1. The largest absolute Gasteiger partial charge is 0.248 e. The van der Waals surface area contributed by atoms with Gasteiger partial charge >= 0.3 is 0 Å². The predicted molar refractivity (Wildman–Crippen MR) is 79.5 cm³/mol. The zero-order valence-electron chi connectivity index (χ0n) is 9.43. The van der Waals surface area contributed by atoms with Gasteiger partial charge in [0.05, 0.1) is 10.4 Å². The molecule has 0 aliphatic carbocycles. The molecule has 0 amide bonds. The van der Waals surface area contributed by atoms with E-state index in [-0.39, 0.29) is 0 Å². The van der Waals surface area contributed by atoms with Crippen LogP contribution < -0.4 is 0 Å². The molecule has 3 aromatic rings. The highest BCUT2D eigenvalue weighted by atomic mass is 127. The van der Waals surface area contributed by atoms with E-state index in [1.54, 1.807) is 4.68 Å². The molecule has 0 aliphatic rings. The van der Waals surface area contributed by atoms with Crippen molar-refractivity contribution >= 4 is 45.2 Å². The summed E-state index contributed by atoms with van der Waals surface area (Å²) in [6.07, 6.45) is 0. The lowest BCUT2D eigenvalue weighted by atomic mass is 10.1. The minimum Gasteiger partial charge on any atom is -0.248 e. The average molecular weight is 371 g/mol. The van der Waals surface area contributed by atoms with E-state index in [0.717, 1.165) is 16.6 Å². The van der Waals surface area contributed by atoms with Crippen LogP contribution in [-0.4, -0.2) is 20.0 Å². The standard InChI is InChI=1S/C12H8ClIN4/c1-18-12-8(9(13)11(14)15-16-12)10(17-18)7-5-3-2-4-6-7/h2-6H,1H3. The number of hydrogen-bond acceptors (Lipinski definition) is 3. The lowest BCUT2D eigenvalue weighted by Gasteiger charge is -1.99. The molecular weight excluding hydrogens is 363 g/mol. The summed E-state index contributed by atoms with van der Waals surface area (Å²) in [4.78, 5) is 0. The van der Waals surface area contributed by atoms with Crippen molar-refractivity contribution in [1.82, 2.24) is 20.0 Å². The van der Waals surface area contributed by atoms with E-state index in [9.17, 15) is 0 Å². The summed E-state index contributed by atoms with van der Waals surface area (Å²) in [6.45, 7) is 0. The van der Waals surface area contributed by atoms with Crippen LogP contribution in [-0.2, 0) is 7.05 Å². The highest BCUT2D eigenvalue weighted by molar-refractivity contribution is 14.1. The molecular formula is C12H8ClIN4. The van der Waals surface area contributed by atoms with Crippen molar-refractivity contribution in [2.75, 3.05) is 0 Å². The molecule has 4 nitrogen and oxygen atoms in total. The Morgan fingerprint density at radius 1 is 1.17 bits per heavy atom. The fourth-order valence-corrected chi connectivity index (χ4v) is 2.46. The first kappa shape index (κ1) is 11.9. The van der Waals surface area contributed by atoms with Crippen LogP contribution >= 0.6 is 34.2 Å². The minimum absolute atomic E-state index is 0.604. The molecule has 0 N–H and O–H groups in total. The Morgan fingerprint density at radius 2 is 1.89 bits per heavy atom. The molecule has 0 fully saturated rings. The van der Waals surface area contributed by atoms with Crippen molar-refractivity contribution < 1.29 is 0 Å². The Kier molecular flexibility index (Phi) is 2.95. The van der Waals surface area contributed by atoms with Gasteiger partial charge in [-0.1, -0.05) is 41.9 Å². The second-order valence-electron chi connectivity index (χ2n) is 3.84. The van der Waals surface area contributed by atoms with Crippen LogP contribution in [0.4, 0.5) is 0 Å². The van der Waals surface area contributed by atoms with Crippen molar-refractivity contribution in [3.05, 3.63) is 39.1 Å². The number of hydrogen-bond donors (Lipinski definition) is 0. The molecule has 3 rings (SSSR count). The van der Waals surface area contributed by atoms with Crippen molar-refractivity contribution in [3.63, 3.8) is 0 Å². The van der Waals surface area contributed by atoms with E-state index in [1.165, 1.54) is 0 Å². The van der Waals surface area contributed by atoms with E-state index >= 15 is 0 Å². The van der Waals surface area contributed by atoms with Crippen LogP contribution in [0.5, 0.6) is 0 Å². The Balaban J connectivity index is 2.41. The molecule has 2 aromatic heterocycles. The molecule has 18 heavy (non-hydrogen) atoms. The summed E-state index contributed by atoms with van der Waals surface area (Å²) >= 11 is 8.41. The summed E-state index contributed by atoms with van der Waals surface area (Å²) in [6, 6.07) is 9.93. The molecule has 0 saturated heterocycles. The molecule has 2 heterocycles. The van der Waals surface area contributed by atoms with Gasteiger partial charge in [-0.25, -0.2) is 4.68 Å². The molecule has 0 radical (unpaired) electrons. The Labute approximate surface area is 122 Å². The Bertz CT molecular complexity index is 724. The maximum Gasteiger partial charge on any atom is 0.182 e. The first-order valence-corrected chi connectivity index (χ1v) is 6.74. The van der Waals surface area contributed by atoms with E-state index in [1.807, 2.05) is 37.4 Å². The van der Waals surface area contributed by atoms with Gasteiger partial charge in [-0.15, -0.1) is 10.2 Å². The third kappa shape index (κ3) is 1.78. The van der Waals surface area contributed by atoms with E-state index in [4.69, 9.17) is 11.6 Å². The van der Waals surface area contributed by atoms with E-state index in [0.29, 0.717) is 14.4 Å². The van der Waals surface area contributed by atoms with Crippen LogP contribution in [0, 0.1) is 3.70 Å². The summed E-state index contributed by atoms with van der Waals surface area (Å²) in [5.74, 6) is 0. The summed E-state index contributed by atoms with van der Waals surface area (Å²) in [5.41, 5.74) is 2.55. The lowest BCUT2D eigenvalue weighted by molar-refractivity contribution is 0.779. The fourth-order valence-electron chi connectivity index (χ4n) is 1.87. The summed E-state index contributed by atoms with van der Waals surface area (Å²) in [7, 11) is 1.84. The molecule has 0 saturated carbocycles. The minimum atomic E-state index is 0.604. The molecule has 0 spiro atoms. The number of benzene rings is 1. The predicted octanol–water partition coefficient (Wildman–Crippen LogP) is 3.29. The third-order valence-electron chi connectivity index (χ3n) is 2.70. The van der Waals surface area contributed by atoms with Crippen molar-refractivity contribution in [2.24, 2.45) is 7.05 Å². The second kappa shape index (κ2) is 4.47. The van der Waals surface area contributed by atoms with Crippen molar-refractivity contribution in [1.29, 1.82) is 0 Å². The zero-order valence-corrected chi connectivity index (χ0v) is 12.3. The van der Waals surface area contributed by atoms with Gasteiger partial charge < -0.3 is 0 Å². The maximum atomic E-state index is 6.33. The van der Waals surface area contributed by atoms with E-state index in [2.05, 4.69) is 37.9 Å². The molecule has 0 unspecified atom stereocenters. The fraction of sp³-hybridized carbons (Fsp3) is 0.0833. The highest BCUT2D eigenvalue weighted by Gasteiger charge is 2.17. The first-order chi connectivity index (χ1) is 8.68. The van der Waals surface area contributed by atoms with Crippen LogP contribution in [0.1, 0.15) is 0 Å². The van der Waals surface area contributed by atoms with Gasteiger partial charge in [0, 0.05) is 12.6 Å². The van der Waals surface area contributed by atoms with Gasteiger partial charge in [0.2, 0.25) is 0 Å². The average Bonchev–Trinajstić information content (AvgIpc) is 2.73. The molecule has 0 bridgehead atoms. The van der Waals surface area contributed by atoms with Crippen LogP contribution in [0.15, 0.2) is 30.3 Å². The number of rotatable bonds is 1. The molecule has 1 aromatic carbocycles. The summed E-state index contributed by atoms with van der Waals surface area (Å²) in [5, 5.41) is 14.1. The summed E-state index contributed by atoms with van der Waals surface area (Å²) < 4.78 is 2.39. The number of nitrogens with zero attached hydrogens (tertiary/aromatic N) is 4. The zero-order chi connectivity index (χ0) is 12.7. The van der Waals surface area contributed by atoms with E-state index < -0.39 is 0 Å². The van der Waals surface area contributed by atoms with Crippen molar-refractivity contribution in [3.8, 4) is 11.3 Å².